The molecule has 3 heteroatoms. The van der Waals surface area contributed by atoms with Gasteiger partial charge in [-0.25, -0.2) is 0 Å². The molecule has 0 spiro atoms. The Labute approximate surface area is 126 Å². The highest BCUT2D eigenvalue weighted by atomic mass is 16.5. The minimum atomic E-state index is 0.780. The Kier molecular flexibility index (Phi) is 4.49. The molecule has 0 saturated heterocycles. The number of aryl methyl sites for hydroxylation is 2. The van der Waals surface area contributed by atoms with Crippen LogP contribution < -0.4 is 10.1 Å². The number of nitrogens with one attached hydrogen (secondary N) is 1. The van der Waals surface area contributed by atoms with Crippen molar-refractivity contribution in [3.8, 4) is 17.6 Å². The standard InChI is InChI=1S/C18H20N2O/c1-6-7-14(11-19-4)16-8-15-13(3)12(2)10-20-17(15)9-18(16)21-5/h8-11,19H,1-5H3/b14-11+. The van der Waals surface area contributed by atoms with Gasteiger partial charge in [0.2, 0.25) is 0 Å². The largest absolute Gasteiger partial charge is 0.496 e. The van der Waals surface area contributed by atoms with E-state index in [4.69, 9.17) is 4.74 Å². The van der Waals surface area contributed by atoms with E-state index in [-0.39, 0.29) is 0 Å². The highest BCUT2D eigenvalue weighted by molar-refractivity contribution is 5.92. The summed E-state index contributed by atoms with van der Waals surface area (Å²) in [6.45, 7) is 6.01. The highest BCUT2D eigenvalue weighted by Gasteiger charge is 2.12. The van der Waals surface area contributed by atoms with Crippen LogP contribution in [-0.2, 0) is 0 Å². The Balaban J connectivity index is 2.79. The number of fused-ring (bicyclic) bond motifs is 1. The van der Waals surface area contributed by atoms with E-state index >= 15 is 0 Å². The first-order chi connectivity index (χ1) is 10.1. The molecule has 0 aliphatic rings. The van der Waals surface area contributed by atoms with E-state index in [1.807, 2.05) is 32.4 Å². The predicted molar refractivity (Wildman–Crippen MR) is 88.3 cm³/mol. The summed E-state index contributed by atoms with van der Waals surface area (Å²) in [5, 5.41) is 4.17. The van der Waals surface area contributed by atoms with E-state index in [2.05, 4.69) is 42.1 Å². The third-order valence-electron chi connectivity index (χ3n) is 3.55. The molecule has 1 aromatic heterocycles. The van der Waals surface area contributed by atoms with Gasteiger partial charge in [0.05, 0.1) is 18.2 Å². The molecular formula is C18H20N2O. The van der Waals surface area contributed by atoms with Crippen molar-refractivity contribution in [2.45, 2.75) is 20.8 Å². The fourth-order valence-corrected chi connectivity index (χ4v) is 2.29. The van der Waals surface area contributed by atoms with Crippen LogP contribution in [0.3, 0.4) is 0 Å². The van der Waals surface area contributed by atoms with Crippen molar-refractivity contribution in [1.82, 2.24) is 10.3 Å². The fraction of sp³-hybridized carbons (Fsp3) is 0.278. The molecule has 2 aromatic rings. The first-order valence-electron chi connectivity index (χ1n) is 6.86. The summed E-state index contributed by atoms with van der Waals surface area (Å²) >= 11 is 0. The van der Waals surface area contributed by atoms with Gasteiger partial charge in [-0.15, -0.1) is 5.92 Å². The fourth-order valence-electron chi connectivity index (χ4n) is 2.29. The van der Waals surface area contributed by atoms with Crippen molar-refractivity contribution in [2.75, 3.05) is 14.2 Å². The van der Waals surface area contributed by atoms with E-state index in [1.54, 1.807) is 7.11 Å². The summed E-state index contributed by atoms with van der Waals surface area (Å²) in [7, 11) is 3.53. The van der Waals surface area contributed by atoms with E-state index in [1.165, 1.54) is 11.1 Å². The zero-order valence-electron chi connectivity index (χ0n) is 13.2. The summed E-state index contributed by atoms with van der Waals surface area (Å²) in [6, 6.07) is 4.08. The van der Waals surface area contributed by atoms with Gasteiger partial charge in [0.1, 0.15) is 5.75 Å². The number of hydrogen-bond donors (Lipinski definition) is 1. The Hall–Kier alpha value is -2.47. The Morgan fingerprint density at radius 3 is 2.71 bits per heavy atom. The smallest absolute Gasteiger partial charge is 0.129 e. The van der Waals surface area contributed by atoms with Crippen LogP contribution in [0.15, 0.2) is 24.5 Å². The SMILES string of the molecule is CC#C/C(=C\NC)c1cc2c(C)c(C)cnc2cc1OC. The van der Waals surface area contributed by atoms with E-state index in [0.29, 0.717) is 0 Å². The average molecular weight is 280 g/mol. The van der Waals surface area contributed by atoms with Crippen LogP contribution in [-0.4, -0.2) is 19.1 Å². The quantitative estimate of drug-likeness (QED) is 0.874. The summed E-state index contributed by atoms with van der Waals surface area (Å²) in [6.07, 6.45) is 3.78. The number of nitrogens with zero attached hydrogens (tertiary/aromatic N) is 1. The van der Waals surface area contributed by atoms with Crippen molar-refractivity contribution >= 4 is 16.5 Å². The summed E-state index contributed by atoms with van der Waals surface area (Å²) in [4.78, 5) is 4.49. The molecule has 0 aliphatic carbocycles. The van der Waals surface area contributed by atoms with Gasteiger partial charge in [-0.3, -0.25) is 4.98 Å². The lowest BCUT2D eigenvalue weighted by Gasteiger charge is -2.12. The normalized spacial score (nSPS) is 11.0. The lowest BCUT2D eigenvalue weighted by molar-refractivity contribution is 0.414. The topological polar surface area (TPSA) is 34.2 Å². The number of rotatable bonds is 3. The zero-order valence-corrected chi connectivity index (χ0v) is 13.2. The Bertz CT molecular complexity index is 764. The number of pyridine rings is 1. The molecule has 0 atom stereocenters. The first kappa shape index (κ1) is 14.9. The molecule has 2 rings (SSSR count). The molecule has 21 heavy (non-hydrogen) atoms. The van der Waals surface area contributed by atoms with Crippen LogP contribution >= 0.6 is 0 Å². The third kappa shape index (κ3) is 2.85. The van der Waals surface area contributed by atoms with Gasteiger partial charge in [-0.05, 0) is 38.0 Å². The van der Waals surface area contributed by atoms with Crippen LogP contribution in [0.25, 0.3) is 16.5 Å². The lowest BCUT2D eigenvalue weighted by atomic mass is 9.99. The Morgan fingerprint density at radius 2 is 2.10 bits per heavy atom. The van der Waals surface area contributed by atoms with E-state index in [9.17, 15) is 0 Å². The van der Waals surface area contributed by atoms with E-state index < -0.39 is 0 Å². The predicted octanol–water partition coefficient (Wildman–Crippen LogP) is 3.44. The van der Waals surface area contributed by atoms with Gasteiger partial charge >= 0.3 is 0 Å². The first-order valence-corrected chi connectivity index (χ1v) is 6.86. The van der Waals surface area contributed by atoms with Gasteiger partial charge in [0, 0.05) is 36.5 Å². The van der Waals surface area contributed by atoms with Gasteiger partial charge in [0.25, 0.3) is 0 Å². The maximum Gasteiger partial charge on any atom is 0.129 e. The number of ether oxygens (including phenoxy) is 1. The van der Waals surface area contributed by atoms with Crippen LogP contribution in [0, 0.1) is 25.7 Å². The molecule has 3 nitrogen and oxygen atoms in total. The third-order valence-corrected chi connectivity index (χ3v) is 3.55. The molecule has 108 valence electrons. The van der Waals surface area contributed by atoms with Crippen LogP contribution in [0.2, 0.25) is 0 Å². The second kappa shape index (κ2) is 6.32. The Morgan fingerprint density at radius 1 is 1.33 bits per heavy atom. The van der Waals surface area contributed by atoms with Crippen LogP contribution in [0.1, 0.15) is 23.6 Å². The number of aromatic nitrogens is 1. The van der Waals surface area contributed by atoms with Gasteiger partial charge in [-0.1, -0.05) is 5.92 Å². The molecule has 0 aliphatic heterocycles. The minimum Gasteiger partial charge on any atom is -0.496 e. The summed E-state index contributed by atoms with van der Waals surface area (Å²) in [5.41, 5.74) is 5.23. The molecule has 0 fully saturated rings. The molecule has 0 unspecified atom stereocenters. The lowest BCUT2D eigenvalue weighted by Crippen LogP contribution is -1.99. The number of methoxy groups -OCH3 is 1. The second-order valence-electron chi connectivity index (χ2n) is 4.86. The minimum absolute atomic E-state index is 0.780. The molecule has 0 saturated carbocycles. The number of benzene rings is 1. The van der Waals surface area contributed by atoms with E-state index in [0.717, 1.165) is 27.8 Å². The van der Waals surface area contributed by atoms with Crippen LogP contribution in [0.5, 0.6) is 5.75 Å². The zero-order chi connectivity index (χ0) is 15.4. The summed E-state index contributed by atoms with van der Waals surface area (Å²) < 4.78 is 5.52. The van der Waals surface area contributed by atoms with Crippen LogP contribution in [0.4, 0.5) is 0 Å². The van der Waals surface area contributed by atoms with Gasteiger partial charge < -0.3 is 10.1 Å². The molecule has 1 heterocycles. The average Bonchev–Trinajstić information content (AvgIpc) is 2.50. The molecular weight excluding hydrogens is 260 g/mol. The molecule has 1 N–H and O–H groups in total. The summed E-state index contributed by atoms with van der Waals surface area (Å²) in [5.74, 6) is 6.85. The van der Waals surface area contributed by atoms with Crippen molar-refractivity contribution in [2.24, 2.45) is 0 Å². The van der Waals surface area contributed by atoms with Crippen molar-refractivity contribution in [1.29, 1.82) is 0 Å². The molecule has 0 bridgehead atoms. The van der Waals surface area contributed by atoms with Crippen molar-refractivity contribution < 1.29 is 4.74 Å². The molecule has 1 aromatic carbocycles. The number of hydrogen-bond acceptors (Lipinski definition) is 3. The maximum atomic E-state index is 5.52. The van der Waals surface area contributed by atoms with Crippen molar-refractivity contribution in [3.05, 3.63) is 41.2 Å². The van der Waals surface area contributed by atoms with Crippen molar-refractivity contribution in [3.63, 3.8) is 0 Å². The molecule has 0 amide bonds. The number of allylic oxidation sites excluding steroid dienone is 1. The molecule has 0 radical (unpaired) electrons. The second-order valence-corrected chi connectivity index (χ2v) is 4.86. The monoisotopic (exact) mass is 280 g/mol. The highest BCUT2D eigenvalue weighted by Crippen LogP contribution is 2.32. The van der Waals surface area contributed by atoms with Gasteiger partial charge in [0.15, 0.2) is 0 Å². The maximum absolute atomic E-state index is 5.52. The van der Waals surface area contributed by atoms with Gasteiger partial charge in [-0.2, -0.15) is 0 Å².